The van der Waals surface area contributed by atoms with E-state index in [9.17, 15) is 19.1 Å². The number of rotatable bonds is 4. The van der Waals surface area contributed by atoms with Crippen molar-refractivity contribution >= 4 is 13.6 Å². The van der Waals surface area contributed by atoms with Crippen LogP contribution in [0.1, 0.15) is 6.92 Å². The van der Waals surface area contributed by atoms with Gasteiger partial charge in [-0.3, -0.25) is 0 Å². The van der Waals surface area contributed by atoms with Crippen molar-refractivity contribution in [1.82, 2.24) is 0 Å². The molecule has 0 aliphatic carbocycles. The summed E-state index contributed by atoms with van der Waals surface area (Å²) in [4.78, 5) is 30.7. The van der Waals surface area contributed by atoms with E-state index in [1.807, 2.05) is 0 Å². The third kappa shape index (κ3) is 6.09. The molecule has 0 heterocycles. The van der Waals surface area contributed by atoms with Crippen LogP contribution in [0.25, 0.3) is 0 Å². The summed E-state index contributed by atoms with van der Waals surface area (Å²) >= 11 is 0. The standard InChI is InChI=1S/C6H11O5P/c1-5(2)6(7)11-3-4-12(8,9)10/h1,3-4H2,2H3,(H2,8,9,10)/p-2. The molecule has 0 N–H and O–H groups in total. The van der Waals surface area contributed by atoms with Crippen LogP contribution in [-0.2, 0) is 14.1 Å². The Balaban J connectivity index is 3.65. The zero-order chi connectivity index (χ0) is 9.78. The van der Waals surface area contributed by atoms with Gasteiger partial charge >= 0.3 is 5.97 Å². The van der Waals surface area contributed by atoms with Crippen LogP contribution >= 0.6 is 7.60 Å². The van der Waals surface area contributed by atoms with E-state index >= 15 is 0 Å². The maximum atomic E-state index is 10.6. The maximum Gasteiger partial charge on any atom is 0.333 e. The molecule has 0 fully saturated rings. The molecule has 0 aromatic carbocycles. The van der Waals surface area contributed by atoms with Crippen LogP contribution in [0, 0.1) is 0 Å². The molecule has 0 saturated heterocycles. The minimum atomic E-state index is -4.56. The van der Waals surface area contributed by atoms with Crippen LogP contribution < -0.4 is 9.79 Å². The van der Waals surface area contributed by atoms with Crippen LogP contribution in [0.5, 0.6) is 0 Å². The van der Waals surface area contributed by atoms with Crippen LogP contribution in [0.2, 0.25) is 0 Å². The zero-order valence-corrected chi connectivity index (χ0v) is 7.50. The first-order chi connectivity index (χ1) is 5.33. The molecule has 0 saturated carbocycles. The number of esters is 1. The van der Waals surface area contributed by atoms with E-state index in [0.29, 0.717) is 0 Å². The minimum Gasteiger partial charge on any atom is -0.811 e. The van der Waals surface area contributed by atoms with Crippen LogP contribution in [0.15, 0.2) is 12.2 Å². The van der Waals surface area contributed by atoms with Crippen molar-refractivity contribution in [3.05, 3.63) is 12.2 Å². The van der Waals surface area contributed by atoms with Gasteiger partial charge in [0, 0.05) is 11.7 Å². The quantitative estimate of drug-likeness (QED) is 0.324. The lowest BCUT2D eigenvalue weighted by molar-refractivity contribution is -0.313. The Kier molecular flexibility index (Phi) is 4.17. The van der Waals surface area contributed by atoms with Crippen molar-refractivity contribution in [2.24, 2.45) is 0 Å². The molecule has 0 aromatic rings. The van der Waals surface area contributed by atoms with Gasteiger partial charge in [0.2, 0.25) is 0 Å². The zero-order valence-electron chi connectivity index (χ0n) is 6.61. The molecule has 12 heavy (non-hydrogen) atoms. The van der Waals surface area contributed by atoms with Crippen molar-refractivity contribution in [2.75, 3.05) is 12.8 Å². The fourth-order valence-corrected chi connectivity index (χ4v) is 0.688. The average Bonchev–Trinajstić information content (AvgIpc) is 1.84. The average molecular weight is 192 g/mol. The fourth-order valence-electron chi connectivity index (χ4n) is 0.373. The lowest BCUT2D eigenvalue weighted by Crippen LogP contribution is -2.20. The van der Waals surface area contributed by atoms with E-state index in [1.165, 1.54) is 6.92 Å². The van der Waals surface area contributed by atoms with Crippen molar-refractivity contribution in [3.8, 4) is 0 Å². The van der Waals surface area contributed by atoms with Gasteiger partial charge in [-0.05, 0) is 6.92 Å². The molecule has 0 aliphatic heterocycles. The molecule has 0 atom stereocenters. The third-order valence-electron chi connectivity index (χ3n) is 0.947. The Bertz CT molecular complexity index is 228. The summed E-state index contributed by atoms with van der Waals surface area (Å²) in [5.41, 5.74) is 0.168. The number of hydrogen-bond acceptors (Lipinski definition) is 5. The topological polar surface area (TPSA) is 89.5 Å². The van der Waals surface area contributed by atoms with E-state index in [0.717, 1.165) is 0 Å². The summed E-state index contributed by atoms with van der Waals surface area (Å²) in [5, 5.41) is 0. The molecule has 0 radical (unpaired) electrons. The highest BCUT2D eigenvalue weighted by molar-refractivity contribution is 7.48. The molecule has 0 amide bonds. The highest BCUT2D eigenvalue weighted by Gasteiger charge is 2.02. The van der Waals surface area contributed by atoms with E-state index < -0.39 is 26.3 Å². The van der Waals surface area contributed by atoms with E-state index in [-0.39, 0.29) is 5.57 Å². The van der Waals surface area contributed by atoms with Gasteiger partial charge in [-0.1, -0.05) is 14.2 Å². The fraction of sp³-hybridized carbons (Fsp3) is 0.500. The molecule has 0 spiro atoms. The van der Waals surface area contributed by atoms with Crippen molar-refractivity contribution in [2.45, 2.75) is 6.92 Å². The molecule has 5 nitrogen and oxygen atoms in total. The molecule has 0 unspecified atom stereocenters. The Hall–Kier alpha value is -0.640. The van der Waals surface area contributed by atoms with Gasteiger partial charge in [0.1, 0.15) is 0 Å². The predicted molar refractivity (Wildman–Crippen MR) is 38.2 cm³/mol. The van der Waals surface area contributed by atoms with Gasteiger partial charge in [-0.2, -0.15) is 0 Å². The second kappa shape index (κ2) is 4.40. The third-order valence-corrected chi connectivity index (χ3v) is 1.68. The summed E-state index contributed by atoms with van der Waals surface area (Å²) in [7, 11) is -4.56. The summed E-state index contributed by atoms with van der Waals surface area (Å²) < 4.78 is 14.4. The lowest BCUT2D eigenvalue weighted by atomic mass is 10.4. The van der Waals surface area contributed by atoms with E-state index in [1.54, 1.807) is 0 Å². The highest BCUT2D eigenvalue weighted by atomic mass is 31.2. The largest absolute Gasteiger partial charge is 0.811 e. The van der Waals surface area contributed by atoms with Crippen LogP contribution in [0.3, 0.4) is 0 Å². The number of ether oxygens (including phenoxy) is 1. The van der Waals surface area contributed by atoms with Crippen molar-refractivity contribution in [3.63, 3.8) is 0 Å². The van der Waals surface area contributed by atoms with Crippen molar-refractivity contribution < 1.29 is 23.9 Å². The Morgan fingerprint density at radius 1 is 1.58 bits per heavy atom. The molecular formula is C6H9O5P-2. The Labute approximate surface area is 70.2 Å². The maximum absolute atomic E-state index is 10.6. The first-order valence-electron chi connectivity index (χ1n) is 3.16. The Morgan fingerprint density at radius 2 is 2.08 bits per heavy atom. The Morgan fingerprint density at radius 3 is 2.42 bits per heavy atom. The monoisotopic (exact) mass is 192 g/mol. The summed E-state index contributed by atoms with van der Waals surface area (Å²) in [6.45, 7) is 4.29. The molecule has 0 rings (SSSR count). The van der Waals surface area contributed by atoms with E-state index in [2.05, 4.69) is 11.3 Å². The molecule has 70 valence electrons. The minimum absolute atomic E-state index is 0.168. The SMILES string of the molecule is C=C(C)C(=O)OCCP(=O)([O-])[O-]. The lowest BCUT2D eigenvalue weighted by Gasteiger charge is -2.28. The first kappa shape index (κ1) is 11.4. The second-order valence-electron chi connectivity index (χ2n) is 2.25. The van der Waals surface area contributed by atoms with Crippen LogP contribution in [0.4, 0.5) is 0 Å². The molecule has 0 bridgehead atoms. The van der Waals surface area contributed by atoms with Crippen molar-refractivity contribution in [1.29, 1.82) is 0 Å². The van der Waals surface area contributed by atoms with Crippen LogP contribution in [-0.4, -0.2) is 18.7 Å². The molecule has 6 heteroatoms. The summed E-state index contributed by atoms with van der Waals surface area (Å²) in [5.74, 6) is -0.691. The van der Waals surface area contributed by atoms with Gasteiger partial charge in [-0.15, -0.1) is 0 Å². The van der Waals surface area contributed by atoms with Gasteiger partial charge in [0.05, 0.1) is 6.61 Å². The molecule has 0 aromatic heterocycles. The van der Waals surface area contributed by atoms with Gasteiger partial charge < -0.3 is 19.1 Å². The number of carbonyl (C=O) groups is 1. The first-order valence-corrected chi connectivity index (χ1v) is 4.89. The number of hydrogen-bond donors (Lipinski definition) is 0. The van der Waals surface area contributed by atoms with Gasteiger partial charge in [0.15, 0.2) is 0 Å². The molecule has 0 aliphatic rings. The predicted octanol–water partition coefficient (Wildman–Crippen LogP) is -0.981. The summed E-state index contributed by atoms with van der Waals surface area (Å²) in [6.07, 6.45) is -0.675. The summed E-state index contributed by atoms with van der Waals surface area (Å²) in [6, 6.07) is 0. The van der Waals surface area contributed by atoms with E-state index in [4.69, 9.17) is 0 Å². The highest BCUT2D eigenvalue weighted by Crippen LogP contribution is 2.21. The smallest absolute Gasteiger partial charge is 0.333 e. The van der Waals surface area contributed by atoms with Gasteiger partial charge in [0.25, 0.3) is 0 Å². The molecular weight excluding hydrogens is 183 g/mol. The normalized spacial score (nSPS) is 10.9. The number of carbonyl (C=O) groups excluding carboxylic acids is 1. The van der Waals surface area contributed by atoms with Gasteiger partial charge in [-0.25, -0.2) is 4.79 Å². The second-order valence-corrected chi connectivity index (χ2v) is 3.92.